The number of aryl methyl sites for hydroxylation is 1. The zero-order chi connectivity index (χ0) is 17.3. The molecule has 1 amide bonds. The molecule has 1 N–H and O–H groups in total. The molecule has 1 aliphatic carbocycles. The predicted octanol–water partition coefficient (Wildman–Crippen LogP) is 0.931. The Hall–Kier alpha value is -1.47. The van der Waals surface area contributed by atoms with Crippen molar-refractivity contribution in [3.8, 4) is 0 Å². The van der Waals surface area contributed by atoms with Crippen molar-refractivity contribution in [2.24, 2.45) is 7.05 Å². The third kappa shape index (κ3) is 4.13. The molecule has 2 fully saturated rings. The van der Waals surface area contributed by atoms with Crippen molar-refractivity contribution in [1.29, 1.82) is 0 Å². The Kier molecular flexibility index (Phi) is 5.20. The maximum absolute atomic E-state index is 14.0. The van der Waals surface area contributed by atoms with Gasteiger partial charge in [-0.3, -0.25) is 19.3 Å². The van der Waals surface area contributed by atoms with E-state index in [0.29, 0.717) is 32.1 Å². The second kappa shape index (κ2) is 7.19. The molecule has 0 bridgehead atoms. The van der Waals surface area contributed by atoms with Crippen molar-refractivity contribution >= 4 is 5.91 Å². The number of aromatic nitrogens is 2. The molecule has 7 heteroatoms. The summed E-state index contributed by atoms with van der Waals surface area (Å²) in [6, 6.07) is 2.27. The zero-order valence-electron chi connectivity index (χ0n) is 14.8. The van der Waals surface area contributed by atoms with Gasteiger partial charge in [-0.25, -0.2) is 4.39 Å². The van der Waals surface area contributed by atoms with Crippen LogP contribution in [0.15, 0.2) is 12.3 Å². The number of likely N-dealkylation sites (N-methyl/N-ethyl adjacent to an activating group) is 1. The van der Waals surface area contributed by atoms with Crippen molar-refractivity contribution in [2.45, 2.75) is 57.0 Å². The summed E-state index contributed by atoms with van der Waals surface area (Å²) in [6.07, 6.45) is 3.68. The minimum atomic E-state index is -0.799. The van der Waals surface area contributed by atoms with Gasteiger partial charge in [-0.1, -0.05) is 0 Å². The SMILES string of the molecule is CC(C(=O)NC1CC1)N(C)C[C@@H]1C[C@H](F)CN1Cc1ccnn1C. The number of nitrogens with zero attached hydrogens (tertiary/aromatic N) is 4. The highest BCUT2D eigenvalue weighted by Crippen LogP contribution is 2.24. The average Bonchev–Trinajstić information content (AvgIpc) is 3.16. The monoisotopic (exact) mass is 337 g/mol. The molecule has 3 rings (SSSR count). The van der Waals surface area contributed by atoms with Gasteiger partial charge in [-0.05, 0) is 39.3 Å². The number of carbonyl (C=O) groups is 1. The van der Waals surface area contributed by atoms with Crippen LogP contribution < -0.4 is 5.32 Å². The van der Waals surface area contributed by atoms with E-state index in [0.717, 1.165) is 18.5 Å². The highest BCUT2D eigenvalue weighted by atomic mass is 19.1. The van der Waals surface area contributed by atoms with Crippen LogP contribution in [0.5, 0.6) is 0 Å². The van der Waals surface area contributed by atoms with Crippen LogP contribution in [0.3, 0.4) is 0 Å². The van der Waals surface area contributed by atoms with E-state index in [-0.39, 0.29) is 18.0 Å². The van der Waals surface area contributed by atoms with Gasteiger partial charge in [0.05, 0.1) is 11.7 Å². The molecule has 24 heavy (non-hydrogen) atoms. The third-order valence-electron chi connectivity index (χ3n) is 5.23. The fraction of sp³-hybridized carbons (Fsp3) is 0.765. The number of nitrogens with one attached hydrogen (secondary N) is 1. The summed E-state index contributed by atoms with van der Waals surface area (Å²) in [7, 11) is 3.86. The van der Waals surface area contributed by atoms with Crippen molar-refractivity contribution in [1.82, 2.24) is 24.9 Å². The number of hydrogen-bond acceptors (Lipinski definition) is 4. The molecule has 6 nitrogen and oxygen atoms in total. The van der Waals surface area contributed by atoms with E-state index in [2.05, 4.69) is 15.3 Å². The van der Waals surface area contributed by atoms with E-state index in [1.807, 2.05) is 36.7 Å². The first-order valence-corrected chi connectivity index (χ1v) is 8.79. The molecule has 2 heterocycles. The van der Waals surface area contributed by atoms with Crippen LogP contribution in [-0.4, -0.2) is 69.9 Å². The summed E-state index contributed by atoms with van der Waals surface area (Å²) in [5, 5.41) is 7.22. The van der Waals surface area contributed by atoms with Crippen molar-refractivity contribution in [2.75, 3.05) is 20.1 Å². The molecule has 1 unspecified atom stereocenters. The maximum atomic E-state index is 14.0. The molecule has 1 saturated heterocycles. The molecular weight excluding hydrogens is 309 g/mol. The van der Waals surface area contributed by atoms with Crippen LogP contribution >= 0.6 is 0 Å². The summed E-state index contributed by atoms with van der Waals surface area (Å²) in [6.45, 7) is 3.76. The zero-order valence-corrected chi connectivity index (χ0v) is 14.8. The highest BCUT2D eigenvalue weighted by Gasteiger charge is 2.35. The Balaban J connectivity index is 1.56. The molecule has 134 valence electrons. The van der Waals surface area contributed by atoms with Gasteiger partial charge in [-0.2, -0.15) is 5.10 Å². The molecular formula is C17H28FN5O. The lowest BCUT2D eigenvalue weighted by molar-refractivity contribution is -0.125. The molecule has 1 aromatic rings. The van der Waals surface area contributed by atoms with Gasteiger partial charge in [0.1, 0.15) is 6.17 Å². The Labute approximate surface area is 143 Å². The maximum Gasteiger partial charge on any atom is 0.237 e. The quantitative estimate of drug-likeness (QED) is 0.804. The van der Waals surface area contributed by atoms with Crippen molar-refractivity contribution < 1.29 is 9.18 Å². The van der Waals surface area contributed by atoms with Gasteiger partial charge in [0.2, 0.25) is 5.91 Å². The average molecular weight is 337 g/mol. The second-order valence-corrected chi connectivity index (χ2v) is 7.26. The van der Waals surface area contributed by atoms with Crippen molar-refractivity contribution in [3.05, 3.63) is 18.0 Å². The van der Waals surface area contributed by atoms with Gasteiger partial charge >= 0.3 is 0 Å². The normalized spacial score (nSPS) is 26.0. The van der Waals surface area contributed by atoms with Gasteiger partial charge < -0.3 is 5.32 Å². The van der Waals surface area contributed by atoms with E-state index in [1.54, 1.807) is 6.20 Å². The van der Waals surface area contributed by atoms with E-state index in [1.165, 1.54) is 0 Å². The number of alkyl halides is 1. The number of carbonyl (C=O) groups excluding carboxylic acids is 1. The van der Waals surface area contributed by atoms with Crippen LogP contribution in [0.1, 0.15) is 31.9 Å². The van der Waals surface area contributed by atoms with E-state index < -0.39 is 6.17 Å². The summed E-state index contributed by atoms with van der Waals surface area (Å²) < 4.78 is 15.8. The number of likely N-dealkylation sites (tertiary alicyclic amines) is 1. The Bertz CT molecular complexity index is 573. The standard InChI is InChI=1S/C17H28FN5O/c1-12(17(24)20-14-4-5-14)21(2)10-16-8-13(18)9-23(16)11-15-6-7-19-22(15)3/h6-7,12-14,16H,4-5,8-11H2,1-3H3,(H,20,24)/t12?,13-,16-/m0/s1. The molecule has 3 atom stereocenters. The minimum absolute atomic E-state index is 0.0768. The molecule has 1 aromatic heterocycles. The van der Waals surface area contributed by atoms with Crippen LogP contribution in [0.4, 0.5) is 4.39 Å². The number of rotatable bonds is 7. The minimum Gasteiger partial charge on any atom is -0.352 e. The lowest BCUT2D eigenvalue weighted by Gasteiger charge is -2.31. The van der Waals surface area contributed by atoms with Crippen LogP contribution in [0.25, 0.3) is 0 Å². The fourth-order valence-electron chi connectivity index (χ4n) is 3.31. The predicted molar refractivity (Wildman–Crippen MR) is 90.2 cm³/mol. The van der Waals surface area contributed by atoms with Crippen LogP contribution in [0, 0.1) is 0 Å². The van der Waals surface area contributed by atoms with E-state index in [4.69, 9.17) is 0 Å². The largest absolute Gasteiger partial charge is 0.352 e. The summed E-state index contributed by atoms with van der Waals surface area (Å²) >= 11 is 0. The second-order valence-electron chi connectivity index (χ2n) is 7.26. The highest BCUT2D eigenvalue weighted by molar-refractivity contribution is 5.81. The summed E-state index contributed by atoms with van der Waals surface area (Å²) in [4.78, 5) is 16.4. The van der Waals surface area contributed by atoms with E-state index in [9.17, 15) is 9.18 Å². The first kappa shape index (κ1) is 17.4. The molecule has 2 aliphatic rings. The molecule has 0 spiro atoms. The Morgan fingerprint density at radius 3 is 2.92 bits per heavy atom. The van der Waals surface area contributed by atoms with E-state index >= 15 is 0 Å². The van der Waals surface area contributed by atoms with Crippen LogP contribution in [0.2, 0.25) is 0 Å². The van der Waals surface area contributed by atoms with Gasteiger partial charge in [0, 0.05) is 45.0 Å². The number of amides is 1. The number of hydrogen-bond donors (Lipinski definition) is 1. The first-order valence-electron chi connectivity index (χ1n) is 8.79. The summed E-state index contributed by atoms with van der Waals surface area (Å²) in [5.41, 5.74) is 1.08. The molecule has 1 saturated carbocycles. The fourth-order valence-corrected chi connectivity index (χ4v) is 3.31. The van der Waals surface area contributed by atoms with Crippen molar-refractivity contribution in [3.63, 3.8) is 0 Å². The van der Waals surface area contributed by atoms with Gasteiger partial charge in [0.25, 0.3) is 0 Å². The topological polar surface area (TPSA) is 53.4 Å². The Morgan fingerprint density at radius 2 is 2.29 bits per heavy atom. The van der Waals surface area contributed by atoms with Gasteiger partial charge in [-0.15, -0.1) is 0 Å². The third-order valence-corrected chi connectivity index (χ3v) is 5.23. The molecule has 1 aliphatic heterocycles. The number of halogens is 1. The lowest BCUT2D eigenvalue weighted by Crippen LogP contribution is -2.48. The van der Waals surface area contributed by atoms with Crippen LogP contribution in [-0.2, 0) is 18.4 Å². The summed E-state index contributed by atoms with van der Waals surface area (Å²) in [5.74, 6) is 0.0768. The Morgan fingerprint density at radius 1 is 1.54 bits per heavy atom. The lowest BCUT2D eigenvalue weighted by atomic mass is 10.1. The molecule has 0 radical (unpaired) electrons. The smallest absolute Gasteiger partial charge is 0.237 e. The first-order chi connectivity index (χ1) is 11.4. The molecule has 0 aromatic carbocycles. The van der Waals surface area contributed by atoms with Gasteiger partial charge in [0.15, 0.2) is 0 Å².